The number of halogens is 3. The molecule has 5 nitrogen and oxygen atoms in total. The summed E-state index contributed by atoms with van der Waals surface area (Å²) in [6.45, 7) is -0.144. The van der Waals surface area contributed by atoms with E-state index in [0.717, 1.165) is 12.3 Å². The fourth-order valence-electron chi connectivity index (χ4n) is 2.16. The predicted octanol–water partition coefficient (Wildman–Crippen LogP) is 3.89. The summed E-state index contributed by atoms with van der Waals surface area (Å²) in [4.78, 5) is 21.7. The van der Waals surface area contributed by atoms with Crippen molar-refractivity contribution in [3.05, 3.63) is 58.0 Å². The van der Waals surface area contributed by atoms with E-state index < -0.39 is 11.6 Å². The molecule has 0 unspecified atom stereocenters. The maximum atomic E-state index is 14.2. The smallest absolute Gasteiger partial charge is 0.223 e. The van der Waals surface area contributed by atoms with Crippen LogP contribution in [0.5, 0.6) is 0 Å². The topological polar surface area (TPSA) is 68.1 Å². The second kappa shape index (κ2) is 5.69. The van der Waals surface area contributed by atoms with E-state index in [1.165, 1.54) is 12.3 Å². The third-order valence-electron chi connectivity index (χ3n) is 3.11. The number of hydrogen-bond donors (Lipinski definition) is 0. The molecule has 8 heteroatoms. The van der Waals surface area contributed by atoms with Gasteiger partial charge in [-0.2, -0.15) is 4.91 Å². The normalized spacial score (nSPS) is 10.9. The molecule has 0 spiro atoms. The van der Waals surface area contributed by atoms with Crippen LogP contribution >= 0.6 is 11.6 Å². The Balaban J connectivity index is 2.29. The van der Waals surface area contributed by atoms with Crippen molar-refractivity contribution in [1.29, 1.82) is 0 Å². The van der Waals surface area contributed by atoms with Gasteiger partial charge in [0.25, 0.3) is 0 Å². The zero-order valence-corrected chi connectivity index (χ0v) is 11.7. The van der Waals surface area contributed by atoms with Crippen molar-refractivity contribution >= 4 is 22.5 Å². The van der Waals surface area contributed by atoms with E-state index in [-0.39, 0.29) is 28.6 Å². The fraction of sp³-hybridized carbons (Fsp3) is 0.0714. The Morgan fingerprint density at radius 1 is 1.18 bits per heavy atom. The summed E-state index contributed by atoms with van der Waals surface area (Å²) in [5, 5.41) is 3.01. The van der Waals surface area contributed by atoms with Crippen LogP contribution in [0.25, 0.3) is 22.2 Å². The van der Waals surface area contributed by atoms with Gasteiger partial charge in [-0.3, -0.25) is 4.98 Å². The Morgan fingerprint density at radius 2 is 2.00 bits per heavy atom. The van der Waals surface area contributed by atoms with E-state index >= 15 is 0 Å². The Hall–Kier alpha value is -2.54. The van der Waals surface area contributed by atoms with E-state index in [2.05, 4.69) is 20.1 Å². The first kappa shape index (κ1) is 14.4. The minimum atomic E-state index is -0.734. The van der Waals surface area contributed by atoms with Gasteiger partial charge in [0.1, 0.15) is 23.6 Å². The third kappa shape index (κ3) is 2.50. The van der Waals surface area contributed by atoms with Crippen LogP contribution in [0.3, 0.4) is 0 Å². The van der Waals surface area contributed by atoms with Crippen LogP contribution in [0.2, 0.25) is 5.28 Å². The zero-order chi connectivity index (χ0) is 15.7. The van der Waals surface area contributed by atoms with Crippen molar-refractivity contribution in [1.82, 2.24) is 15.0 Å². The number of rotatable bonds is 3. The molecule has 2 aromatic heterocycles. The average molecular weight is 321 g/mol. The molecule has 0 N–H and O–H groups in total. The molecular formula is C14H7ClF2N4O. The summed E-state index contributed by atoms with van der Waals surface area (Å²) in [5.74, 6) is -1.39. The Labute approximate surface area is 128 Å². The molecule has 110 valence electrons. The standard InChI is InChI=1S/C14H7ClF2N4O/c15-14-19-6-11(17)12(21-14)8-3-9-7(5-20-22)1-2-18-13(9)10(16)4-8/h1-4,6H,5H2. The van der Waals surface area contributed by atoms with Crippen LogP contribution in [-0.2, 0) is 6.54 Å². The number of hydrogen-bond acceptors (Lipinski definition) is 5. The molecular weight excluding hydrogens is 314 g/mol. The molecule has 2 heterocycles. The summed E-state index contributed by atoms with van der Waals surface area (Å²) in [5.41, 5.74) is 0.605. The maximum Gasteiger partial charge on any atom is 0.223 e. The van der Waals surface area contributed by atoms with Crippen LogP contribution in [0, 0.1) is 16.5 Å². The first-order chi connectivity index (χ1) is 10.6. The van der Waals surface area contributed by atoms with Gasteiger partial charge in [0.2, 0.25) is 5.28 Å². The molecule has 22 heavy (non-hydrogen) atoms. The van der Waals surface area contributed by atoms with Crippen molar-refractivity contribution < 1.29 is 8.78 Å². The van der Waals surface area contributed by atoms with Crippen molar-refractivity contribution in [2.75, 3.05) is 0 Å². The van der Waals surface area contributed by atoms with Crippen molar-refractivity contribution in [3.8, 4) is 11.3 Å². The molecule has 1 aromatic carbocycles. The Bertz CT molecular complexity index is 888. The van der Waals surface area contributed by atoms with Gasteiger partial charge in [-0.1, -0.05) is 5.18 Å². The van der Waals surface area contributed by atoms with Gasteiger partial charge in [0.15, 0.2) is 5.82 Å². The van der Waals surface area contributed by atoms with Gasteiger partial charge in [0, 0.05) is 17.1 Å². The van der Waals surface area contributed by atoms with E-state index in [9.17, 15) is 13.7 Å². The lowest BCUT2D eigenvalue weighted by Gasteiger charge is -2.08. The molecule has 0 saturated heterocycles. The summed E-state index contributed by atoms with van der Waals surface area (Å²) < 4.78 is 28.1. The largest absolute Gasteiger partial charge is 0.253 e. The maximum absolute atomic E-state index is 14.2. The van der Waals surface area contributed by atoms with Crippen LogP contribution in [0.4, 0.5) is 8.78 Å². The lowest BCUT2D eigenvalue weighted by Crippen LogP contribution is -1.96. The molecule has 3 rings (SSSR count). The molecule has 3 aromatic rings. The van der Waals surface area contributed by atoms with Crippen LogP contribution < -0.4 is 0 Å². The third-order valence-corrected chi connectivity index (χ3v) is 3.29. The van der Waals surface area contributed by atoms with E-state index in [1.54, 1.807) is 6.07 Å². The fourth-order valence-corrected chi connectivity index (χ4v) is 2.29. The highest BCUT2D eigenvalue weighted by Crippen LogP contribution is 2.29. The van der Waals surface area contributed by atoms with Crippen LogP contribution in [0.15, 0.2) is 35.8 Å². The number of aromatic nitrogens is 3. The molecule has 0 atom stereocenters. The Morgan fingerprint density at radius 3 is 2.77 bits per heavy atom. The number of fused-ring (bicyclic) bond motifs is 1. The Kier molecular flexibility index (Phi) is 3.72. The molecule has 0 radical (unpaired) electrons. The minimum Gasteiger partial charge on any atom is -0.253 e. The first-order valence-corrected chi connectivity index (χ1v) is 6.52. The lowest BCUT2D eigenvalue weighted by molar-refractivity contribution is 0.616. The highest BCUT2D eigenvalue weighted by atomic mass is 35.5. The zero-order valence-electron chi connectivity index (χ0n) is 10.9. The molecule has 0 bridgehead atoms. The van der Waals surface area contributed by atoms with Crippen molar-refractivity contribution in [3.63, 3.8) is 0 Å². The van der Waals surface area contributed by atoms with Gasteiger partial charge in [-0.15, -0.1) is 0 Å². The number of nitrogens with zero attached hydrogens (tertiary/aromatic N) is 4. The van der Waals surface area contributed by atoms with Gasteiger partial charge in [-0.25, -0.2) is 18.7 Å². The van der Waals surface area contributed by atoms with Crippen LogP contribution in [-0.4, -0.2) is 15.0 Å². The van der Waals surface area contributed by atoms with Gasteiger partial charge in [-0.05, 0) is 35.4 Å². The second-order valence-corrected chi connectivity index (χ2v) is 4.79. The quantitative estimate of drug-likeness (QED) is 0.542. The van der Waals surface area contributed by atoms with E-state index in [4.69, 9.17) is 11.6 Å². The second-order valence-electron chi connectivity index (χ2n) is 4.45. The van der Waals surface area contributed by atoms with Gasteiger partial charge < -0.3 is 0 Å². The molecule has 0 saturated carbocycles. The van der Waals surface area contributed by atoms with E-state index in [0.29, 0.717) is 10.9 Å². The molecule has 0 amide bonds. The van der Waals surface area contributed by atoms with Gasteiger partial charge >= 0.3 is 0 Å². The summed E-state index contributed by atoms with van der Waals surface area (Å²) in [6.07, 6.45) is 2.29. The molecule has 0 aliphatic rings. The number of pyridine rings is 1. The summed E-state index contributed by atoms with van der Waals surface area (Å²) >= 11 is 5.65. The monoisotopic (exact) mass is 320 g/mol. The average Bonchev–Trinajstić information content (AvgIpc) is 2.50. The van der Waals surface area contributed by atoms with Crippen molar-refractivity contribution in [2.24, 2.45) is 5.18 Å². The SMILES string of the molecule is O=NCc1ccnc2c(F)cc(-c3nc(Cl)ncc3F)cc12. The number of nitroso groups, excluding NO2 is 1. The lowest BCUT2D eigenvalue weighted by atomic mass is 10.0. The summed E-state index contributed by atoms with van der Waals surface area (Å²) in [6, 6.07) is 4.15. The first-order valence-electron chi connectivity index (χ1n) is 6.15. The number of benzene rings is 1. The van der Waals surface area contributed by atoms with E-state index in [1.807, 2.05) is 0 Å². The minimum absolute atomic E-state index is 0.0745. The predicted molar refractivity (Wildman–Crippen MR) is 77.2 cm³/mol. The molecule has 0 aliphatic carbocycles. The summed E-state index contributed by atoms with van der Waals surface area (Å²) in [7, 11) is 0. The molecule has 0 fully saturated rings. The van der Waals surface area contributed by atoms with Crippen molar-refractivity contribution in [2.45, 2.75) is 6.54 Å². The highest BCUT2D eigenvalue weighted by molar-refractivity contribution is 6.28. The molecule has 0 aliphatic heterocycles. The van der Waals surface area contributed by atoms with Gasteiger partial charge in [0.05, 0.1) is 6.20 Å². The highest BCUT2D eigenvalue weighted by Gasteiger charge is 2.14. The van der Waals surface area contributed by atoms with Crippen LogP contribution in [0.1, 0.15) is 5.56 Å².